The molecule has 0 radical (unpaired) electrons. The number of Topliss-reactive ketones (excluding diaryl/α,β-unsaturated/α-hetero) is 1. The van der Waals surface area contributed by atoms with E-state index in [1.807, 2.05) is 42.5 Å². The van der Waals surface area contributed by atoms with Gasteiger partial charge in [-0.3, -0.25) is 9.59 Å². The van der Waals surface area contributed by atoms with E-state index in [0.717, 1.165) is 34.5 Å². The Labute approximate surface area is 364 Å². The standard InChI is InChI=1S/C49H60O12Si/c1-10-62(11-2,12-3)61-37-26-38-48(28-57-38,60-30(5)50)42-44(59-45(54)33-20-22-35(56-9)23-21-33)49(55)27-36(29(4)40(46(49,6)7)41(52)43(53)47(37,42)8)58-39(51)24-18-31-17-19-32-15-13-14-16-34(32)25-31/h13-25,36-38,41-42,44,52,55H,10-12,26-28H2,1-9H3/b24-18+/t36-,37-,38+,41+,42-,44-,47+,48-,49+/m0/s1. The second-order valence-corrected chi connectivity index (χ2v) is 23.0. The van der Waals surface area contributed by atoms with Gasteiger partial charge in [0.05, 0.1) is 36.7 Å². The van der Waals surface area contributed by atoms with E-state index in [4.69, 9.17) is 28.1 Å². The molecule has 3 aromatic rings. The minimum Gasteiger partial charge on any atom is -0.497 e. The number of rotatable bonds is 12. The van der Waals surface area contributed by atoms with Crippen LogP contribution in [0.25, 0.3) is 16.8 Å². The molecule has 1 heterocycles. The molecular formula is C49H60O12Si. The van der Waals surface area contributed by atoms with E-state index in [-0.39, 0.29) is 30.6 Å². The zero-order chi connectivity index (χ0) is 45.0. The summed E-state index contributed by atoms with van der Waals surface area (Å²) in [5, 5.41) is 28.5. The number of ether oxygens (including phenoxy) is 5. The maximum atomic E-state index is 15.7. The average molecular weight is 869 g/mol. The largest absolute Gasteiger partial charge is 0.497 e. The smallest absolute Gasteiger partial charge is 0.338 e. The topological polar surface area (TPSA) is 164 Å². The number of carbonyl (C=O) groups excluding carboxylic acids is 4. The van der Waals surface area contributed by atoms with Crippen LogP contribution in [-0.2, 0) is 37.8 Å². The fourth-order valence-corrected chi connectivity index (χ4v) is 14.0. The molecule has 0 aromatic heterocycles. The molecule has 2 saturated carbocycles. The van der Waals surface area contributed by atoms with Crippen LogP contribution in [-0.4, -0.2) is 97.7 Å². The lowest BCUT2D eigenvalue weighted by Crippen LogP contribution is -2.82. The summed E-state index contributed by atoms with van der Waals surface area (Å²) in [5.41, 5.74) is -5.55. The first kappa shape index (κ1) is 45.4. The van der Waals surface area contributed by atoms with Crippen molar-refractivity contribution < 1.29 is 57.5 Å². The van der Waals surface area contributed by atoms with Gasteiger partial charge in [-0.25, -0.2) is 9.59 Å². The number of aliphatic hydroxyl groups excluding tert-OH is 1. The Morgan fingerprint density at radius 2 is 1.60 bits per heavy atom. The summed E-state index contributed by atoms with van der Waals surface area (Å²) in [6, 6.07) is 22.2. The Morgan fingerprint density at radius 3 is 2.19 bits per heavy atom. The van der Waals surface area contributed by atoms with Crippen LogP contribution < -0.4 is 4.74 Å². The average Bonchev–Trinajstić information content (AvgIpc) is 3.25. The molecule has 12 nitrogen and oxygen atoms in total. The van der Waals surface area contributed by atoms with Gasteiger partial charge in [-0.15, -0.1) is 0 Å². The summed E-state index contributed by atoms with van der Waals surface area (Å²) in [5.74, 6) is -3.67. The molecule has 13 heteroatoms. The Bertz CT molecular complexity index is 2290. The summed E-state index contributed by atoms with van der Waals surface area (Å²) in [6.45, 7) is 14.0. The highest BCUT2D eigenvalue weighted by atomic mass is 28.4. The van der Waals surface area contributed by atoms with Gasteiger partial charge in [0.1, 0.15) is 35.8 Å². The van der Waals surface area contributed by atoms with Crippen molar-refractivity contribution in [2.24, 2.45) is 16.7 Å². The van der Waals surface area contributed by atoms with E-state index in [9.17, 15) is 24.6 Å². The predicted molar refractivity (Wildman–Crippen MR) is 235 cm³/mol. The normalized spacial score (nSPS) is 31.6. The summed E-state index contributed by atoms with van der Waals surface area (Å²) >= 11 is 0. The first-order chi connectivity index (χ1) is 29.3. The highest BCUT2D eigenvalue weighted by Gasteiger charge is 2.78. The molecule has 2 N–H and O–H groups in total. The Hall–Kier alpha value is -4.66. The van der Waals surface area contributed by atoms with Crippen LogP contribution in [0.4, 0.5) is 0 Å². The van der Waals surface area contributed by atoms with Crippen LogP contribution >= 0.6 is 0 Å². The van der Waals surface area contributed by atoms with Crippen molar-refractivity contribution in [2.45, 2.75) is 128 Å². The quantitative estimate of drug-likeness (QED) is 0.0606. The zero-order valence-corrected chi connectivity index (χ0v) is 38.2. The zero-order valence-electron chi connectivity index (χ0n) is 37.2. The van der Waals surface area contributed by atoms with Crippen molar-refractivity contribution in [3.05, 3.63) is 95.1 Å². The number of hydrogen-bond donors (Lipinski definition) is 2. The maximum Gasteiger partial charge on any atom is 0.338 e. The highest BCUT2D eigenvalue weighted by molar-refractivity contribution is 6.73. The van der Waals surface area contributed by atoms with Gasteiger partial charge in [-0.05, 0) is 95.9 Å². The molecule has 2 bridgehead atoms. The predicted octanol–water partition coefficient (Wildman–Crippen LogP) is 7.54. The van der Waals surface area contributed by atoms with Gasteiger partial charge < -0.3 is 38.3 Å². The molecule has 1 aliphatic heterocycles. The fourth-order valence-electron chi connectivity index (χ4n) is 11.0. The van der Waals surface area contributed by atoms with E-state index in [1.54, 1.807) is 45.9 Å². The van der Waals surface area contributed by atoms with Gasteiger partial charge in [0.25, 0.3) is 0 Å². The van der Waals surface area contributed by atoms with Crippen molar-refractivity contribution in [3.8, 4) is 5.75 Å². The van der Waals surface area contributed by atoms with Crippen molar-refractivity contribution in [1.82, 2.24) is 0 Å². The molecule has 3 fully saturated rings. The van der Waals surface area contributed by atoms with Crippen molar-refractivity contribution >= 4 is 48.9 Å². The van der Waals surface area contributed by atoms with Gasteiger partial charge in [-0.1, -0.05) is 71.0 Å². The SMILES string of the molecule is CC[Si](CC)(CC)O[C@H]1C[C@H]2OC[C@@]2(OC(C)=O)[C@H]2[C@H](OC(=O)c3ccc(OC)cc3)[C@]3(O)C[C@H](OC(=O)/C=C/c4ccc5ccccc5c4)C(C)=C([C@@H](O)C(=O)[C@]12C)C3(C)C. The van der Waals surface area contributed by atoms with Crippen LogP contribution in [0.3, 0.4) is 0 Å². The van der Waals surface area contributed by atoms with E-state index in [2.05, 4.69) is 20.8 Å². The van der Waals surface area contributed by atoms with Gasteiger partial charge in [0, 0.05) is 31.3 Å². The molecule has 3 aromatic carbocycles. The summed E-state index contributed by atoms with van der Waals surface area (Å²) in [7, 11) is -1.02. The molecule has 0 unspecified atom stereocenters. The summed E-state index contributed by atoms with van der Waals surface area (Å²) in [6.07, 6.45) is -3.55. The van der Waals surface area contributed by atoms with Crippen molar-refractivity contribution in [3.63, 3.8) is 0 Å². The molecule has 9 atom stereocenters. The first-order valence-corrected chi connectivity index (χ1v) is 24.2. The van der Waals surface area contributed by atoms with Crippen LogP contribution in [0.15, 0.2) is 84.0 Å². The molecule has 62 heavy (non-hydrogen) atoms. The Kier molecular flexibility index (Phi) is 12.3. The lowest BCUT2D eigenvalue weighted by Gasteiger charge is -2.68. The van der Waals surface area contributed by atoms with Crippen LogP contribution in [0, 0.1) is 16.7 Å². The number of benzene rings is 3. The lowest BCUT2D eigenvalue weighted by atomic mass is 9.44. The Morgan fingerprint density at radius 1 is 0.935 bits per heavy atom. The Balaban J connectivity index is 1.40. The van der Waals surface area contributed by atoms with Gasteiger partial charge in [0.2, 0.25) is 0 Å². The molecule has 4 aliphatic rings. The van der Waals surface area contributed by atoms with Crippen molar-refractivity contribution in [1.29, 1.82) is 0 Å². The number of aliphatic hydroxyl groups is 2. The van der Waals surface area contributed by atoms with Gasteiger partial charge in [-0.2, -0.15) is 0 Å². The van der Waals surface area contributed by atoms with Gasteiger partial charge in [0.15, 0.2) is 19.7 Å². The van der Waals surface area contributed by atoms with E-state index < -0.39 is 90.5 Å². The third-order valence-electron chi connectivity index (χ3n) is 15.0. The highest BCUT2D eigenvalue weighted by Crippen LogP contribution is 2.65. The molecule has 1 saturated heterocycles. The third-order valence-corrected chi connectivity index (χ3v) is 19.6. The minimum absolute atomic E-state index is 0.132. The third kappa shape index (κ3) is 7.33. The summed E-state index contributed by atoms with van der Waals surface area (Å²) < 4.78 is 37.9. The van der Waals surface area contributed by atoms with E-state index in [1.165, 1.54) is 32.2 Å². The van der Waals surface area contributed by atoms with Crippen LogP contribution in [0.1, 0.15) is 84.2 Å². The number of esters is 3. The minimum atomic E-state index is -2.53. The second-order valence-electron chi connectivity index (χ2n) is 18.2. The van der Waals surface area contributed by atoms with Crippen LogP contribution in [0.5, 0.6) is 5.75 Å². The molecule has 0 spiro atoms. The maximum absolute atomic E-state index is 15.7. The number of methoxy groups -OCH3 is 1. The van der Waals surface area contributed by atoms with Crippen molar-refractivity contribution in [2.75, 3.05) is 13.7 Å². The molecule has 3 aliphatic carbocycles. The van der Waals surface area contributed by atoms with E-state index >= 15 is 4.79 Å². The molecule has 0 amide bonds. The second kappa shape index (κ2) is 16.8. The lowest BCUT2D eigenvalue weighted by molar-refractivity contribution is -0.344. The molecule has 332 valence electrons. The number of hydrogen-bond acceptors (Lipinski definition) is 12. The van der Waals surface area contributed by atoms with Crippen LogP contribution in [0.2, 0.25) is 18.1 Å². The monoisotopic (exact) mass is 868 g/mol. The molecular weight excluding hydrogens is 809 g/mol. The summed E-state index contributed by atoms with van der Waals surface area (Å²) in [4.78, 5) is 57.3. The van der Waals surface area contributed by atoms with E-state index in [0.29, 0.717) is 11.3 Å². The molecule has 7 rings (SSSR count). The number of carbonyl (C=O) groups is 4. The first-order valence-electron chi connectivity index (χ1n) is 21.7. The number of ketones is 1. The van der Waals surface area contributed by atoms with Gasteiger partial charge >= 0.3 is 17.9 Å². The number of fused-ring (bicyclic) bond motifs is 6. The fraction of sp³-hybridized carbons (Fsp3) is 0.510.